The average Bonchev–Trinajstić information content (AvgIpc) is 1.88. The molecule has 0 spiro atoms. The molecule has 0 saturated heterocycles. The molecule has 0 amide bonds. The number of esters is 1. The summed E-state index contributed by atoms with van der Waals surface area (Å²) in [5.74, 6) is -0.357. The predicted molar refractivity (Wildman–Crippen MR) is 34.4 cm³/mol. The van der Waals surface area contributed by atoms with Crippen LogP contribution in [-0.4, -0.2) is 23.9 Å². The van der Waals surface area contributed by atoms with Gasteiger partial charge in [0.15, 0.2) is 0 Å². The summed E-state index contributed by atoms with van der Waals surface area (Å²) in [6, 6.07) is 0. The first kappa shape index (κ1) is 9.39. The zero-order valence-corrected chi connectivity index (χ0v) is 6.16. The lowest BCUT2D eigenvalue weighted by atomic mass is 10.3. The number of hydrogen-bond acceptors (Lipinski definition) is 4. The Balaban J connectivity index is 3.37. The van der Waals surface area contributed by atoms with Crippen LogP contribution in [0.25, 0.3) is 0 Å². The molecule has 0 aliphatic rings. The number of rotatable bonds is 4. The molecule has 0 bridgehead atoms. The highest BCUT2D eigenvalue weighted by atomic mass is 17.1. The summed E-state index contributed by atoms with van der Waals surface area (Å²) in [6.07, 6.45) is -0.399. The molecule has 4 heteroatoms. The molecule has 0 saturated carbocycles. The van der Waals surface area contributed by atoms with Crippen LogP contribution >= 0.6 is 0 Å². The lowest BCUT2D eigenvalue weighted by Crippen LogP contribution is -2.14. The minimum absolute atomic E-state index is 0.0876. The summed E-state index contributed by atoms with van der Waals surface area (Å²) in [5.41, 5.74) is 0. The van der Waals surface area contributed by atoms with Crippen molar-refractivity contribution in [2.24, 2.45) is 0 Å². The second kappa shape index (κ2) is 5.20. The Kier molecular flexibility index (Phi) is 4.88. The van der Waals surface area contributed by atoms with Crippen molar-refractivity contribution in [1.82, 2.24) is 0 Å². The first-order chi connectivity index (χ1) is 4.70. The van der Waals surface area contributed by atoms with Crippen LogP contribution in [0, 0.1) is 0 Å². The van der Waals surface area contributed by atoms with Gasteiger partial charge in [-0.15, -0.1) is 0 Å². The van der Waals surface area contributed by atoms with Gasteiger partial charge in [0.25, 0.3) is 0 Å². The lowest BCUT2D eigenvalue weighted by Gasteiger charge is -2.05. The molecular weight excluding hydrogens is 136 g/mol. The minimum Gasteiger partial charge on any atom is -0.466 e. The zero-order chi connectivity index (χ0) is 7.98. The smallest absolute Gasteiger partial charge is 0.308 e. The van der Waals surface area contributed by atoms with E-state index in [2.05, 4.69) is 9.62 Å². The molecule has 0 aromatic carbocycles. The van der Waals surface area contributed by atoms with E-state index in [9.17, 15) is 4.79 Å². The SMILES string of the molecule is CCOC(=O)CC(C)OO. The fraction of sp³-hybridized carbons (Fsp3) is 0.833. The van der Waals surface area contributed by atoms with Crippen molar-refractivity contribution in [3.8, 4) is 0 Å². The third-order valence-electron chi connectivity index (χ3n) is 0.939. The first-order valence-corrected chi connectivity index (χ1v) is 3.16. The third kappa shape index (κ3) is 4.29. The van der Waals surface area contributed by atoms with E-state index in [4.69, 9.17) is 5.26 Å². The van der Waals surface area contributed by atoms with Gasteiger partial charge in [0.05, 0.1) is 13.0 Å². The van der Waals surface area contributed by atoms with Crippen LogP contribution in [-0.2, 0) is 14.4 Å². The Bertz CT molecular complexity index is 102. The van der Waals surface area contributed by atoms with E-state index in [1.807, 2.05) is 0 Å². The van der Waals surface area contributed by atoms with Crippen LogP contribution in [0.2, 0.25) is 0 Å². The maximum absolute atomic E-state index is 10.6. The van der Waals surface area contributed by atoms with Crippen molar-refractivity contribution in [3.05, 3.63) is 0 Å². The summed E-state index contributed by atoms with van der Waals surface area (Å²) < 4.78 is 4.58. The summed E-state index contributed by atoms with van der Waals surface area (Å²) >= 11 is 0. The Morgan fingerprint density at radius 3 is 2.70 bits per heavy atom. The molecule has 0 fully saturated rings. The van der Waals surface area contributed by atoms with Crippen LogP contribution < -0.4 is 0 Å². The number of carbonyl (C=O) groups excluding carboxylic acids is 1. The summed E-state index contributed by atoms with van der Waals surface area (Å²) in [6.45, 7) is 3.66. The van der Waals surface area contributed by atoms with Crippen molar-refractivity contribution in [2.75, 3.05) is 6.61 Å². The predicted octanol–water partition coefficient (Wildman–Crippen LogP) is 0.818. The maximum atomic E-state index is 10.6. The topological polar surface area (TPSA) is 55.8 Å². The molecule has 1 N–H and O–H groups in total. The normalized spacial score (nSPS) is 12.7. The molecular formula is C6H12O4. The standard InChI is InChI=1S/C6H12O4/c1-3-9-6(7)4-5(2)10-8/h5,8H,3-4H2,1-2H3. The fourth-order valence-electron chi connectivity index (χ4n) is 0.492. The van der Waals surface area contributed by atoms with Gasteiger partial charge in [-0.1, -0.05) is 0 Å². The van der Waals surface area contributed by atoms with E-state index in [-0.39, 0.29) is 12.4 Å². The van der Waals surface area contributed by atoms with Gasteiger partial charge in [-0.3, -0.25) is 10.1 Å². The van der Waals surface area contributed by atoms with Crippen LogP contribution in [0.3, 0.4) is 0 Å². The van der Waals surface area contributed by atoms with Crippen molar-refractivity contribution in [2.45, 2.75) is 26.4 Å². The first-order valence-electron chi connectivity index (χ1n) is 3.16. The maximum Gasteiger partial charge on any atom is 0.308 e. The van der Waals surface area contributed by atoms with Crippen molar-refractivity contribution in [3.63, 3.8) is 0 Å². The number of hydrogen-bond donors (Lipinski definition) is 1. The highest BCUT2D eigenvalue weighted by Gasteiger charge is 2.08. The summed E-state index contributed by atoms with van der Waals surface area (Å²) in [5, 5.41) is 8.04. The van der Waals surface area contributed by atoms with Crippen molar-refractivity contribution < 1.29 is 19.7 Å². The molecule has 60 valence electrons. The molecule has 10 heavy (non-hydrogen) atoms. The van der Waals surface area contributed by atoms with Crippen molar-refractivity contribution >= 4 is 5.97 Å². The van der Waals surface area contributed by atoms with Crippen LogP contribution in [0.5, 0.6) is 0 Å². The van der Waals surface area contributed by atoms with Gasteiger partial charge >= 0.3 is 5.97 Å². The van der Waals surface area contributed by atoms with Crippen LogP contribution in [0.15, 0.2) is 0 Å². The molecule has 1 atom stereocenters. The van der Waals surface area contributed by atoms with E-state index < -0.39 is 6.10 Å². The van der Waals surface area contributed by atoms with Gasteiger partial charge in [0.2, 0.25) is 0 Å². The van der Waals surface area contributed by atoms with Gasteiger partial charge in [-0.05, 0) is 13.8 Å². The Labute approximate surface area is 59.7 Å². The monoisotopic (exact) mass is 148 g/mol. The van der Waals surface area contributed by atoms with E-state index >= 15 is 0 Å². The van der Waals surface area contributed by atoms with Gasteiger partial charge < -0.3 is 4.74 Å². The Morgan fingerprint density at radius 1 is 1.70 bits per heavy atom. The highest BCUT2D eigenvalue weighted by molar-refractivity contribution is 5.69. The van der Waals surface area contributed by atoms with Gasteiger partial charge in [0, 0.05) is 0 Å². The molecule has 0 aliphatic carbocycles. The second-order valence-electron chi connectivity index (χ2n) is 1.93. The Hall–Kier alpha value is -0.610. The van der Waals surface area contributed by atoms with Crippen LogP contribution in [0.4, 0.5) is 0 Å². The van der Waals surface area contributed by atoms with E-state index in [0.29, 0.717) is 6.61 Å². The highest BCUT2D eigenvalue weighted by Crippen LogP contribution is 1.96. The molecule has 0 aromatic rings. The summed E-state index contributed by atoms with van der Waals surface area (Å²) in [7, 11) is 0. The minimum atomic E-state index is -0.487. The van der Waals surface area contributed by atoms with Gasteiger partial charge in [-0.2, -0.15) is 0 Å². The second-order valence-corrected chi connectivity index (χ2v) is 1.93. The van der Waals surface area contributed by atoms with Crippen LogP contribution in [0.1, 0.15) is 20.3 Å². The molecule has 0 aliphatic heterocycles. The molecule has 0 rings (SSSR count). The third-order valence-corrected chi connectivity index (χ3v) is 0.939. The average molecular weight is 148 g/mol. The molecule has 0 heterocycles. The molecule has 0 aromatic heterocycles. The molecule has 4 nitrogen and oxygen atoms in total. The van der Waals surface area contributed by atoms with Gasteiger partial charge in [-0.25, -0.2) is 4.89 Å². The Morgan fingerprint density at radius 2 is 2.30 bits per heavy atom. The number of ether oxygens (including phenoxy) is 1. The number of carbonyl (C=O) groups is 1. The lowest BCUT2D eigenvalue weighted by molar-refractivity contribution is -0.274. The van der Waals surface area contributed by atoms with E-state index in [1.165, 1.54) is 0 Å². The zero-order valence-electron chi connectivity index (χ0n) is 6.16. The quantitative estimate of drug-likeness (QED) is 0.364. The van der Waals surface area contributed by atoms with Crippen molar-refractivity contribution in [1.29, 1.82) is 0 Å². The van der Waals surface area contributed by atoms with E-state index in [1.54, 1.807) is 13.8 Å². The fourth-order valence-corrected chi connectivity index (χ4v) is 0.492. The van der Waals surface area contributed by atoms with Gasteiger partial charge in [0.1, 0.15) is 6.10 Å². The summed E-state index contributed by atoms with van der Waals surface area (Å²) in [4.78, 5) is 14.5. The molecule has 1 unspecified atom stereocenters. The largest absolute Gasteiger partial charge is 0.466 e. The van der Waals surface area contributed by atoms with E-state index in [0.717, 1.165) is 0 Å². The molecule has 0 radical (unpaired) electrons.